The second-order valence-electron chi connectivity index (χ2n) is 3.74. The van der Waals surface area contributed by atoms with Gasteiger partial charge in [-0.1, -0.05) is 0 Å². The van der Waals surface area contributed by atoms with E-state index in [1.807, 2.05) is 0 Å². The van der Waals surface area contributed by atoms with Gasteiger partial charge >= 0.3 is 5.97 Å². The molecular weight excluding hydrogens is 234 g/mol. The number of nitrogens with one attached hydrogen (secondary N) is 1. The second-order valence-corrected chi connectivity index (χ2v) is 6.01. The van der Waals surface area contributed by atoms with Crippen LogP contribution in [0.2, 0.25) is 0 Å². The van der Waals surface area contributed by atoms with Gasteiger partial charge in [0.1, 0.15) is 6.04 Å². The monoisotopic (exact) mass is 253 g/mol. The van der Waals surface area contributed by atoms with Crippen LogP contribution < -0.4 is 4.72 Å². The predicted octanol–water partition coefficient (Wildman–Crippen LogP) is 0.194. The molecule has 96 valence electrons. The van der Waals surface area contributed by atoms with Crippen molar-refractivity contribution < 1.29 is 23.1 Å². The van der Waals surface area contributed by atoms with Crippen molar-refractivity contribution in [3.63, 3.8) is 0 Å². The summed E-state index contributed by atoms with van der Waals surface area (Å²) in [6.07, 6.45) is 0.712. The van der Waals surface area contributed by atoms with Crippen molar-refractivity contribution in [1.82, 2.24) is 4.72 Å². The first kappa shape index (κ1) is 15.3. The normalized spacial score (nSPS) is 14.0. The summed E-state index contributed by atoms with van der Waals surface area (Å²) in [5, 5.41) is 8.21. The minimum atomic E-state index is -3.55. The number of carbonyl (C=O) groups is 1. The molecule has 0 saturated heterocycles. The van der Waals surface area contributed by atoms with E-state index in [0.29, 0.717) is 13.0 Å². The molecule has 0 aliphatic carbocycles. The molecule has 0 aromatic carbocycles. The fourth-order valence-corrected chi connectivity index (χ4v) is 1.89. The highest BCUT2D eigenvalue weighted by molar-refractivity contribution is 7.90. The molecule has 0 aromatic heterocycles. The fraction of sp³-hybridized carbons (Fsp3) is 0.889. The van der Waals surface area contributed by atoms with Gasteiger partial charge in [0.25, 0.3) is 0 Å². The van der Waals surface area contributed by atoms with Crippen LogP contribution in [0.25, 0.3) is 0 Å². The third-order valence-electron chi connectivity index (χ3n) is 2.07. The SMILES string of the molecule is COCCCC(NS(=O)(=O)C(C)C)C(=O)O. The van der Waals surface area contributed by atoms with Gasteiger partial charge in [-0.15, -0.1) is 0 Å². The summed E-state index contributed by atoms with van der Waals surface area (Å²) in [6.45, 7) is 3.40. The van der Waals surface area contributed by atoms with Crippen molar-refractivity contribution in [3.05, 3.63) is 0 Å². The summed E-state index contributed by atoms with van der Waals surface area (Å²) < 4.78 is 29.9. The summed E-state index contributed by atoms with van der Waals surface area (Å²) in [4.78, 5) is 10.8. The Morgan fingerprint density at radius 2 is 2.00 bits per heavy atom. The van der Waals surface area contributed by atoms with Gasteiger partial charge in [-0.3, -0.25) is 4.79 Å². The molecule has 0 spiro atoms. The van der Waals surface area contributed by atoms with E-state index < -0.39 is 27.3 Å². The largest absolute Gasteiger partial charge is 0.480 e. The number of sulfonamides is 1. The van der Waals surface area contributed by atoms with Gasteiger partial charge in [0, 0.05) is 13.7 Å². The van der Waals surface area contributed by atoms with Gasteiger partial charge in [0.05, 0.1) is 5.25 Å². The third-order valence-corrected chi connectivity index (χ3v) is 3.92. The lowest BCUT2D eigenvalue weighted by Crippen LogP contribution is -2.43. The zero-order valence-electron chi connectivity index (χ0n) is 9.76. The average molecular weight is 253 g/mol. The fourth-order valence-electron chi connectivity index (χ4n) is 0.999. The highest BCUT2D eigenvalue weighted by Gasteiger charge is 2.25. The molecule has 1 unspecified atom stereocenters. The highest BCUT2D eigenvalue weighted by atomic mass is 32.2. The van der Waals surface area contributed by atoms with Crippen molar-refractivity contribution in [2.24, 2.45) is 0 Å². The molecule has 0 fully saturated rings. The van der Waals surface area contributed by atoms with Crippen LogP contribution >= 0.6 is 0 Å². The van der Waals surface area contributed by atoms with E-state index in [1.54, 1.807) is 0 Å². The van der Waals surface area contributed by atoms with E-state index >= 15 is 0 Å². The zero-order chi connectivity index (χ0) is 12.8. The zero-order valence-corrected chi connectivity index (χ0v) is 10.6. The lowest BCUT2D eigenvalue weighted by molar-refractivity contribution is -0.139. The maximum Gasteiger partial charge on any atom is 0.321 e. The number of carboxylic acids is 1. The van der Waals surface area contributed by atoms with E-state index in [1.165, 1.54) is 21.0 Å². The van der Waals surface area contributed by atoms with Crippen LogP contribution in [0.4, 0.5) is 0 Å². The number of hydrogen-bond acceptors (Lipinski definition) is 4. The Bertz CT molecular complexity index is 312. The first-order valence-electron chi connectivity index (χ1n) is 5.04. The van der Waals surface area contributed by atoms with E-state index in [9.17, 15) is 13.2 Å². The van der Waals surface area contributed by atoms with Gasteiger partial charge in [-0.05, 0) is 26.7 Å². The summed E-state index contributed by atoms with van der Waals surface area (Å²) in [5.41, 5.74) is 0. The molecule has 0 bridgehead atoms. The number of methoxy groups -OCH3 is 1. The lowest BCUT2D eigenvalue weighted by Gasteiger charge is -2.16. The third kappa shape index (κ3) is 5.43. The molecule has 0 heterocycles. The van der Waals surface area contributed by atoms with Crippen LogP contribution in [0.3, 0.4) is 0 Å². The summed E-state index contributed by atoms with van der Waals surface area (Å²) >= 11 is 0. The van der Waals surface area contributed by atoms with Crippen LogP contribution in [-0.2, 0) is 19.6 Å². The summed E-state index contributed by atoms with van der Waals surface area (Å²) in [5.74, 6) is -1.17. The van der Waals surface area contributed by atoms with E-state index in [4.69, 9.17) is 9.84 Å². The molecule has 0 aromatic rings. The van der Waals surface area contributed by atoms with Crippen molar-refractivity contribution in [2.45, 2.75) is 38.0 Å². The van der Waals surface area contributed by atoms with Crippen LogP contribution in [0.15, 0.2) is 0 Å². The molecule has 7 heteroatoms. The quantitative estimate of drug-likeness (QED) is 0.602. The molecule has 0 amide bonds. The van der Waals surface area contributed by atoms with Crippen LogP contribution in [0, 0.1) is 0 Å². The average Bonchev–Trinajstić information content (AvgIpc) is 2.16. The summed E-state index contributed by atoms with van der Waals surface area (Å²) in [6, 6.07) is -1.08. The number of hydrogen-bond donors (Lipinski definition) is 2. The molecule has 2 N–H and O–H groups in total. The number of rotatable bonds is 8. The Morgan fingerprint density at radius 3 is 2.38 bits per heavy atom. The number of ether oxygens (including phenoxy) is 1. The topological polar surface area (TPSA) is 92.7 Å². The molecule has 0 rings (SSSR count). The van der Waals surface area contributed by atoms with E-state index in [0.717, 1.165) is 0 Å². The van der Waals surface area contributed by atoms with Crippen molar-refractivity contribution >= 4 is 16.0 Å². The maximum atomic E-state index is 11.5. The van der Waals surface area contributed by atoms with E-state index in [2.05, 4.69) is 4.72 Å². The van der Waals surface area contributed by atoms with Gasteiger partial charge in [0.2, 0.25) is 10.0 Å². The number of carboxylic acid groups (broad SMARTS) is 1. The first-order chi connectivity index (χ1) is 7.31. The van der Waals surface area contributed by atoms with Crippen molar-refractivity contribution in [3.8, 4) is 0 Å². The molecule has 0 aliphatic rings. The Labute approximate surface area is 96.0 Å². The Balaban J connectivity index is 4.40. The van der Waals surface area contributed by atoms with Crippen molar-refractivity contribution in [1.29, 1.82) is 0 Å². The second kappa shape index (κ2) is 6.82. The predicted molar refractivity (Wildman–Crippen MR) is 59.7 cm³/mol. The molecular formula is C9H19NO5S. The standard InChI is InChI=1S/C9H19NO5S/c1-7(2)16(13,14)10-8(9(11)12)5-4-6-15-3/h7-8,10H,4-6H2,1-3H3,(H,11,12). The molecule has 0 aliphatic heterocycles. The highest BCUT2D eigenvalue weighted by Crippen LogP contribution is 2.04. The Kier molecular flexibility index (Phi) is 6.54. The lowest BCUT2D eigenvalue weighted by atomic mass is 10.2. The molecule has 6 nitrogen and oxygen atoms in total. The van der Waals surface area contributed by atoms with Gasteiger partial charge in [-0.25, -0.2) is 13.1 Å². The summed E-state index contributed by atoms with van der Waals surface area (Å²) in [7, 11) is -2.04. The van der Waals surface area contributed by atoms with Crippen LogP contribution in [0.1, 0.15) is 26.7 Å². The first-order valence-corrected chi connectivity index (χ1v) is 6.58. The number of aliphatic carboxylic acids is 1. The minimum Gasteiger partial charge on any atom is -0.480 e. The van der Waals surface area contributed by atoms with Crippen LogP contribution in [0.5, 0.6) is 0 Å². The molecule has 16 heavy (non-hydrogen) atoms. The minimum absolute atomic E-state index is 0.217. The Morgan fingerprint density at radius 1 is 1.44 bits per heavy atom. The van der Waals surface area contributed by atoms with Gasteiger partial charge < -0.3 is 9.84 Å². The Hall–Kier alpha value is -0.660. The van der Waals surface area contributed by atoms with Crippen LogP contribution in [-0.4, -0.2) is 44.5 Å². The van der Waals surface area contributed by atoms with Crippen molar-refractivity contribution in [2.75, 3.05) is 13.7 Å². The molecule has 0 saturated carbocycles. The van der Waals surface area contributed by atoms with Gasteiger partial charge in [0.15, 0.2) is 0 Å². The smallest absolute Gasteiger partial charge is 0.321 e. The molecule has 1 atom stereocenters. The maximum absolute atomic E-state index is 11.5. The van der Waals surface area contributed by atoms with E-state index in [-0.39, 0.29) is 6.42 Å². The van der Waals surface area contributed by atoms with Gasteiger partial charge in [-0.2, -0.15) is 0 Å². The molecule has 0 radical (unpaired) electrons.